The van der Waals surface area contributed by atoms with E-state index in [0.717, 1.165) is 6.42 Å². The fraction of sp³-hybridized carbons (Fsp3) is 0.462. The first kappa shape index (κ1) is 14.3. The van der Waals surface area contributed by atoms with E-state index in [1.807, 2.05) is 44.2 Å². The Morgan fingerprint density at radius 3 is 2.24 bits per heavy atom. The van der Waals surface area contributed by atoms with E-state index in [0.29, 0.717) is 19.6 Å². The van der Waals surface area contributed by atoms with Crippen LogP contribution in [0.1, 0.15) is 25.8 Å². The molecule has 0 fully saturated rings. The van der Waals surface area contributed by atoms with Crippen LogP contribution in [0.3, 0.4) is 0 Å². The van der Waals surface area contributed by atoms with Crippen LogP contribution in [0.2, 0.25) is 0 Å². The van der Waals surface area contributed by atoms with E-state index in [1.165, 1.54) is 5.56 Å². The summed E-state index contributed by atoms with van der Waals surface area (Å²) in [4.78, 5) is 11.9. The summed E-state index contributed by atoms with van der Waals surface area (Å²) in [7, 11) is -1.36. The van der Waals surface area contributed by atoms with Gasteiger partial charge < -0.3 is 9.05 Å². The van der Waals surface area contributed by atoms with Crippen molar-refractivity contribution in [1.29, 1.82) is 0 Å². The SMILES string of the molecule is CCOP(OCC)C(=O)CCc1ccccc1. The minimum atomic E-state index is -1.36. The molecule has 0 heterocycles. The molecule has 0 amide bonds. The largest absolute Gasteiger partial charge is 0.329 e. The average Bonchev–Trinajstić information content (AvgIpc) is 2.37. The number of rotatable bonds is 8. The molecule has 1 aromatic carbocycles. The lowest BCUT2D eigenvalue weighted by Gasteiger charge is -2.13. The number of benzene rings is 1. The molecular weight excluding hydrogens is 235 g/mol. The Balaban J connectivity index is 2.41. The number of aryl methyl sites for hydroxylation is 1. The fourth-order valence-electron chi connectivity index (χ4n) is 1.40. The lowest BCUT2D eigenvalue weighted by atomic mass is 10.1. The molecule has 0 aliphatic heterocycles. The number of hydrogen-bond acceptors (Lipinski definition) is 3. The fourth-order valence-corrected chi connectivity index (χ4v) is 2.53. The van der Waals surface area contributed by atoms with E-state index in [1.54, 1.807) is 0 Å². The van der Waals surface area contributed by atoms with E-state index in [9.17, 15) is 4.79 Å². The Morgan fingerprint density at radius 1 is 1.12 bits per heavy atom. The van der Waals surface area contributed by atoms with Gasteiger partial charge in [-0.3, -0.25) is 4.79 Å². The summed E-state index contributed by atoms with van der Waals surface area (Å²) in [6, 6.07) is 9.98. The molecular formula is C13H19O3P. The summed E-state index contributed by atoms with van der Waals surface area (Å²) in [5.74, 6) is 0. The van der Waals surface area contributed by atoms with Gasteiger partial charge in [-0.1, -0.05) is 30.3 Å². The highest BCUT2D eigenvalue weighted by atomic mass is 31.2. The zero-order valence-electron chi connectivity index (χ0n) is 10.4. The van der Waals surface area contributed by atoms with Gasteiger partial charge in [0.2, 0.25) is 13.9 Å². The third kappa shape index (κ3) is 5.40. The van der Waals surface area contributed by atoms with Gasteiger partial charge in [-0.25, -0.2) is 0 Å². The molecule has 1 aromatic rings. The van der Waals surface area contributed by atoms with Crippen LogP contribution in [0.4, 0.5) is 0 Å². The van der Waals surface area contributed by atoms with E-state index in [4.69, 9.17) is 9.05 Å². The van der Waals surface area contributed by atoms with E-state index >= 15 is 0 Å². The summed E-state index contributed by atoms with van der Waals surface area (Å²) in [5, 5.41) is 0. The average molecular weight is 254 g/mol. The van der Waals surface area contributed by atoms with Crippen molar-refractivity contribution in [2.45, 2.75) is 26.7 Å². The van der Waals surface area contributed by atoms with Crippen LogP contribution in [-0.4, -0.2) is 18.7 Å². The number of carbonyl (C=O) groups is 1. The first-order valence-corrected chi connectivity index (χ1v) is 7.08. The molecule has 17 heavy (non-hydrogen) atoms. The van der Waals surface area contributed by atoms with Crippen LogP contribution in [0.25, 0.3) is 0 Å². The highest BCUT2D eigenvalue weighted by Crippen LogP contribution is 2.40. The lowest BCUT2D eigenvalue weighted by Crippen LogP contribution is -2.04. The Labute approximate surface area is 104 Å². The van der Waals surface area contributed by atoms with Crippen LogP contribution in [0.5, 0.6) is 0 Å². The maximum absolute atomic E-state index is 11.9. The van der Waals surface area contributed by atoms with Gasteiger partial charge in [0.05, 0.1) is 13.2 Å². The molecule has 0 saturated carbocycles. The summed E-state index contributed by atoms with van der Waals surface area (Å²) < 4.78 is 10.7. The molecule has 0 N–H and O–H groups in total. The van der Waals surface area contributed by atoms with Gasteiger partial charge >= 0.3 is 0 Å². The Hall–Kier alpha value is -0.760. The Morgan fingerprint density at radius 2 is 1.71 bits per heavy atom. The standard InChI is InChI=1S/C13H19O3P/c1-3-15-17(16-4-2)13(14)11-10-12-8-6-5-7-9-12/h5-9H,3-4,10-11H2,1-2H3. The maximum Gasteiger partial charge on any atom is 0.243 e. The quantitative estimate of drug-likeness (QED) is 0.666. The summed E-state index contributed by atoms with van der Waals surface area (Å²) in [6.45, 7) is 4.78. The summed E-state index contributed by atoms with van der Waals surface area (Å²) in [6.07, 6.45) is 1.23. The Bertz CT molecular complexity index is 321. The van der Waals surface area contributed by atoms with Crippen molar-refractivity contribution in [3.63, 3.8) is 0 Å². The lowest BCUT2D eigenvalue weighted by molar-refractivity contribution is -0.113. The minimum absolute atomic E-state index is 0.0764. The molecule has 3 nitrogen and oxygen atoms in total. The van der Waals surface area contributed by atoms with Crippen molar-refractivity contribution < 1.29 is 13.8 Å². The van der Waals surface area contributed by atoms with Crippen molar-refractivity contribution in [1.82, 2.24) is 0 Å². The van der Waals surface area contributed by atoms with E-state index in [-0.39, 0.29) is 5.52 Å². The monoisotopic (exact) mass is 254 g/mol. The molecule has 0 saturated heterocycles. The molecule has 0 radical (unpaired) electrons. The molecule has 0 aliphatic carbocycles. The molecule has 0 unspecified atom stereocenters. The molecule has 0 bridgehead atoms. The molecule has 4 heteroatoms. The van der Waals surface area contributed by atoms with Crippen LogP contribution in [-0.2, 0) is 20.3 Å². The third-order valence-corrected chi connectivity index (χ3v) is 3.78. The highest BCUT2D eigenvalue weighted by molar-refractivity contribution is 7.66. The molecule has 0 atom stereocenters. The van der Waals surface area contributed by atoms with Crippen LogP contribution >= 0.6 is 8.38 Å². The van der Waals surface area contributed by atoms with Crippen molar-refractivity contribution in [3.05, 3.63) is 35.9 Å². The molecule has 94 valence electrons. The van der Waals surface area contributed by atoms with Crippen molar-refractivity contribution in [3.8, 4) is 0 Å². The zero-order chi connectivity index (χ0) is 12.5. The number of hydrogen-bond donors (Lipinski definition) is 0. The molecule has 0 aromatic heterocycles. The van der Waals surface area contributed by atoms with Gasteiger partial charge in [-0.2, -0.15) is 0 Å². The zero-order valence-corrected chi connectivity index (χ0v) is 11.3. The number of carbonyl (C=O) groups excluding carboxylic acids is 1. The topological polar surface area (TPSA) is 35.5 Å². The summed E-state index contributed by atoms with van der Waals surface area (Å²) in [5.41, 5.74) is 1.25. The van der Waals surface area contributed by atoms with Crippen LogP contribution in [0, 0.1) is 0 Å². The molecule has 1 rings (SSSR count). The maximum atomic E-state index is 11.9. The Kier molecular flexibility index (Phi) is 7.02. The van der Waals surface area contributed by atoms with Gasteiger partial charge in [-0.05, 0) is 25.8 Å². The molecule has 0 aliphatic rings. The van der Waals surface area contributed by atoms with Gasteiger partial charge in [0.1, 0.15) is 0 Å². The van der Waals surface area contributed by atoms with Crippen LogP contribution in [0.15, 0.2) is 30.3 Å². The van der Waals surface area contributed by atoms with E-state index in [2.05, 4.69) is 0 Å². The van der Waals surface area contributed by atoms with E-state index < -0.39 is 8.38 Å². The highest BCUT2D eigenvalue weighted by Gasteiger charge is 2.19. The summed E-state index contributed by atoms with van der Waals surface area (Å²) >= 11 is 0. The molecule has 0 spiro atoms. The van der Waals surface area contributed by atoms with Gasteiger partial charge in [0.25, 0.3) is 0 Å². The van der Waals surface area contributed by atoms with Crippen molar-refractivity contribution in [2.75, 3.05) is 13.2 Å². The first-order chi connectivity index (χ1) is 8.27. The van der Waals surface area contributed by atoms with Gasteiger partial charge in [0.15, 0.2) is 0 Å². The first-order valence-electron chi connectivity index (χ1n) is 5.90. The van der Waals surface area contributed by atoms with Gasteiger partial charge in [-0.15, -0.1) is 0 Å². The van der Waals surface area contributed by atoms with Crippen molar-refractivity contribution >= 4 is 13.9 Å². The predicted octanol–water partition coefficient (Wildman–Crippen LogP) is 3.53. The van der Waals surface area contributed by atoms with Crippen LogP contribution < -0.4 is 0 Å². The van der Waals surface area contributed by atoms with Gasteiger partial charge in [0, 0.05) is 6.42 Å². The third-order valence-electron chi connectivity index (χ3n) is 2.17. The smallest absolute Gasteiger partial charge is 0.243 e. The minimum Gasteiger partial charge on any atom is -0.329 e. The predicted molar refractivity (Wildman–Crippen MR) is 69.9 cm³/mol. The second kappa shape index (κ2) is 8.35. The second-order valence-electron chi connectivity index (χ2n) is 3.47. The second-order valence-corrected chi connectivity index (χ2v) is 5.00. The van der Waals surface area contributed by atoms with Crippen molar-refractivity contribution in [2.24, 2.45) is 0 Å². The normalized spacial score (nSPS) is 10.8.